The topological polar surface area (TPSA) is 16.1 Å². The van der Waals surface area contributed by atoms with Gasteiger partial charge in [-0.25, -0.2) is 4.98 Å². The zero-order valence-electron chi connectivity index (χ0n) is 26.3. The maximum atomic E-state index is 5.08. The SMILES string of the molecule is CC1(C)c2cc(N(c3ccc(-c4ccccc4)cc3)c3ccc4ccccc4c3)ccc2-c2cc3sc(-c4ccccc4)nc3cc21. The summed E-state index contributed by atoms with van der Waals surface area (Å²) in [5, 5.41) is 3.54. The third-order valence-corrected chi connectivity index (χ3v) is 10.7. The second-order valence-corrected chi connectivity index (χ2v) is 13.9. The smallest absolute Gasteiger partial charge is 0.124 e. The molecular weight excluding hydrogens is 589 g/mol. The fourth-order valence-electron chi connectivity index (χ4n) is 7.18. The van der Waals surface area contributed by atoms with E-state index in [4.69, 9.17) is 4.98 Å². The summed E-state index contributed by atoms with van der Waals surface area (Å²) >= 11 is 1.77. The molecular formula is C44H32N2S. The molecule has 224 valence electrons. The maximum absolute atomic E-state index is 5.08. The molecule has 0 radical (unpaired) electrons. The first-order chi connectivity index (χ1) is 23.0. The molecule has 1 aliphatic carbocycles. The first-order valence-electron chi connectivity index (χ1n) is 16.1. The third kappa shape index (κ3) is 4.66. The van der Waals surface area contributed by atoms with E-state index in [9.17, 15) is 0 Å². The fourth-order valence-corrected chi connectivity index (χ4v) is 8.18. The van der Waals surface area contributed by atoms with Crippen LogP contribution in [0.25, 0.3) is 53.8 Å². The van der Waals surface area contributed by atoms with Gasteiger partial charge >= 0.3 is 0 Å². The average Bonchev–Trinajstić information content (AvgIpc) is 3.64. The average molecular weight is 621 g/mol. The minimum atomic E-state index is -0.169. The van der Waals surface area contributed by atoms with Crippen molar-refractivity contribution >= 4 is 49.4 Å². The van der Waals surface area contributed by atoms with E-state index >= 15 is 0 Å². The number of fused-ring (bicyclic) bond motifs is 5. The van der Waals surface area contributed by atoms with Crippen molar-refractivity contribution in [3.63, 3.8) is 0 Å². The fraction of sp³-hybridized carbons (Fsp3) is 0.0682. The maximum Gasteiger partial charge on any atom is 0.124 e. The van der Waals surface area contributed by atoms with Gasteiger partial charge in [-0.3, -0.25) is 0 Å². The molecule has 47 heavy (non-hydrogen) atoms. The number of nitrogens with zero attached hydrogens (tertiary/aromatic N) is 2. The second kappa shape index (κ2) is 10.8. The lowest BCUT2D eigenvalue weighted by Gasteiger charge is -2.28. The molecule has 1 aromatic heterocycles. The molecule has 0 aliphatic heterocycles. The Labute approximate surface area is 279 Å². The summed E-state index contributed by atoms with van der Waals surface area (Å²) in [6.07, 6.45) is 0. The summed E-state index contributed by atoms with van der Waals surface area (Å²) < 4.78 is 1.23. The van der Waals surface area contributed by atoms with Gasteiger partial charge < -0.3 is 4.90 Å². The van der Waals surface area contributed by atoms with Crippen LogP contribution in [-0.2, 0) is 5.41 Å². The number of rotatable bonds is 5. The zero-order valence-corrected chi connectivity index (χ0v) is 27.1. The van der Waals surface area contributed by atoms with E-state index in [1.54, 1.807) is 11.3 Å². The highest BCUT2D eigenvalue weighted by atomic mass is 32.1. The molecule has 0 saturated carbocycles. The molecule has 0 amide bonds. The molecule has 0 N–H and O–H groups in total. The highest BCUT2D eigenvalue weighted by molar-refractivity contribution is 7.21. The first-order valence-corrected chi connectivity index (χ1v) is 16.9. The van der Waals surface area contributed by atoms with Gasteiger partial charge in [0.25, 0.3) is 0 Å². The van der Waals surface area contributed by atoms with Crippen molar-refractivity contribution in [2.75, 3.05) is 4.90 Å². The zero-order chi connectivity index (χ0) is 31.5. The highest BCUT2D eigenvalue weighted by Gasteiger charge is 2.37. The van der Waals surface area contributed by atoms with Crippen molar-refractivity contribution in [1.82, 2.24) is 4.98 Å². The van der Waals surface area contributed by atoms with E-state index in [1.807, 2.05) is 0 Å². The van der Waals surface area contributed by atoms with Crippen molar-refractivity contribution in [2.45, 2.75) is 19.3 Å². The number of aromatic nitrogens is 1. The Morgan fingerprint density at radius 2 is 1.09 bits per heavy atom. The summed E-state index contributed by atoms with van der Waals surface area (Å²) in [6, 6.07) is 57.1. The van der Waals surface area contributed by atoms with Crippen LogP contribution in [0.5, 0.6) is 0 Å². The van der Waals surface area contributed by atoms with Gasteiger partial charge in [-0.1, -0.05) is 123 Å². The minimum Gasteiger partial charge on any atom is -0.310 e. The summed E-state index contributed by atoms with van der Waals surface area (Å²) in [6.45, 7) is 4.71. The largest absolute Gasteiger partial charge is 0.310 e. The summed E-state index contributed by atoms with van der Waals surface area (Å²) in [7, 11) is 0. The standard InChI is InChI=1S/C44H32N2S/c1-44(2)39-26-36(23-24-37(39)38-27-42-41(28-40(38)44)45-43(47-42)32-14-7-4-8-15-32)46(35-22-19-30-13-9-10-16-33(30)25-35)34-20-17-31(18-21-34)29-11-5-3-6-12-29/h3-28H,1-2H3. The van der Waals surface area contributed by atoms with Crippen LogP contribution in [0, 0.1) is 0 Å². The molecule has 0 unspecified atom stereocenters. The van der Waals surface area contributed by atoms with Gasteiger partial charge in [0.05, 0.1) is 10.2 Å². The van der Waals surface area contributed by atoms with Crippen molar-refractivity contribution in [2.24, 2.45) is 0 Å². The van der Waals surface area contributed by atoms with Gasteiger partial charge in [0, 0.05) is 28.0 Å². The van der Waals surface area contributed by atoms with Crippen molar-refractivity contribution < 1.29 is 0 Å². The van der Waals surface area contributed by atoms with Gasteiger partial charge in [-0.2, -0.15) is 0 Å². The number of hydrogen-bond acceptors (Lipinski definition) is 3. The van der Waals surface area contributed by atoms with Crippen molar-refractivity contribution in [1.29, 1.82) is 0 Å². The van der Waals surface area contributed by atoms with E-state index in [0.29, 0.717) is 0 Å². The monoisotopic (exact) mass is 620 g/mol. The molecule has 8 aromatic rings. The number of anilines is 3. The van der Waals surface area contributed by atoms with Gasteiger partial charge in [0.1, 0.15) is 5.01 Å². The van der Waals surface area contributed by atoms with E-state index in [1.165, 1.54) is 54.4 Å². The summed E-state index contributed by atoms with van der Waals surface area (Å²) in [5.41, 5.74) is 13.2. The Balaban J connectivity index is 1.17. The molecule has 0 fully saturated rings. The van der Waals surface area contributed by atoms with Crippen LogP contribution < -0.4 is 4.90 Å². The Morgan fingerprint density at radius 3 is 1.85 bits per heavy atom. The van der Waals surface area contributed by atoms with Gasteiger partial charge in [-0.15, -0.1) is 11.3 Å². The second-order valence-electron chi connectivity index (χ2n) is 12.9. The summed E-state index contributed by atoms with van der Waals surface area (Å²) in [4.78, 5) is 7.47. The Hall–Kier alpha value is -5.51. The molecule has 0 atom stereocenters. The normalized spacial score (nSPS) is 13.1. The predicted molar refractivity (Wildman–Crippen MR) is 200 cm³/mol. The Kier molecular flexibility index (Phi) is 6.38. The Bertz CT molecular complexity index is 2420. The molecule has 1 heterocycles. The molecule has 0 bridgehead atoms. The number of thiazole rings is 1. The molecule has 9 rings (SSSR count). The lowest BCUT2D eigenvalue weighted by molar-refractivity contribution is 0.661. The van der Waals surface area contributed by atoms with Crippen LogP contribution in [0.2, 0.25) is 0 Å². The molecule has 3 heteroatoms. The first kappa shape index (κ1) is 27.8. The molecule has 2 nitrogen and oxygen atoms in total. The summed E-state index contributed by atoms with van der Waals surface area (Å²) in [5.74, 6) is 0. The van der Waals surface area contributed by atoms with Crippen LogP contribution in [0.15, 0.2) is 158 Å². The van der Waals surface area contributed by atoms with Crippen LogP contribution >= 0.6 is 11.3 Å². The van der Waals surface area contributed by atoms with Gasteiger partial charge in [-0.05, 0) is 92.7 Å². The molecule has 0 spiro atoms. The van der Waals surface area contributed by atoms with E-state index in [2.05, 4.69) is 176 Å². The van der Waals surface area contributed by atoms with E-state index in [0.717, 1.165) is 27.6 Å². The Morgan fingerprint density at radius 1 is 0.489 bits per heavy atom. The van der Waals surface area contributed by atoms with Crippen LogP contribution in [-0.4, -0.2) is 4.98 Å². The molecule has 1 aliphatic rings. The van der Waals surface area contributed by atoms with E-state index < -0.39 is 0 Å². The third-order valence-electron chi connectivity index (χ3n) is 9.67. The van der Waals surface area contributed by atoms with Crippen molar-refractivity contribution in [3.8, 4) is 32.8 Å². The minimum absolute atomic E-state index is 0.169. The molecule has 0 saturated heterocycles. The van der Waals surface area contributed by atoms with Crippen LogP contribution in [0.3, 0.4) is 0 Å². The lowest BCUT2D eigenvalue weighted by Crippen LogP contribution is -2.16. The number of benzene rings is 7. The van der Waals surface area contributed by atoms with Crippen molar-refractivity contribution in [3.05, 3.63) is 169 Å². The highest BCUT2D eigenvalue weighted by Crippen LogP contribution is 2.52. The van der Waals surface area contributed by atoms with Crippen LogP contribution in [0.4, 0.5) is 17.1 Å². The van der Waals surface area contributed by atoms with E-state index in [-0.39, 0.29) is 5.41 Å². The molecule has 7 aromatic carbocycles. The quantitative estimate of drug-likeness (QED) is 0.190. The predicted octanol–water partition coefficient (Wildman–Crippen LogP) is 12.6. The lowest BCUT2D eigenvalue weighted by atomic mass is 9.82. The van der Waals surface area contributed by atoms with Gasteiger partial charge in [0.15, 0.2) is 0 Å². The number of hydrogen-bond donors (Lipinski definition) is 0. The van der Waals surface area contributed by atoms with Gasteiger partial charge in [0.2, 0.25) is 0 Å². The van der Waals surface area contributed by atoms with Crippen LogP contribution in [0.1, 0.15) is 25.0 Å².